The summed E-state index contributed by atoms with van der Waals surface area (Å²) < 4.78 is 25.3. The Morgan fingerprint density at radius 1 is 1.08 bits per heavy atom. The molecule has 3 aromatic carbocycles. The Morgan fingerprint density at radius 3 is 2.46 bits per heavy atom. The van der Waals surface area contributed by atoms with Gasteiger partial charge in [-0.05, 0) is 60.9 Å². The van der Waals surface area contributed by atoms with Gasteiger partial charge < -0.3 is 14.6 Å². The van der Waals surface area contributed by atoms with E-state index in [2.05, 4.69) is 0 Å². The second kappa shape index (κ2) is 10.6. The first-order valence-electron chi connectivity index (χ1n) is 11.8. The predicted molar refractivity (Wildman–Crippen MR) is 141 cm³/mol. The number of halogens is 2. The van der Waals surface area contributed by atoms with E-state index >= 15 is 0 Å². The summed E-state index contributed by atoms with van der Waals surface area (Å²) in [5, 5.41) is 11.2. The van der Waals surface area contributed by atoms with Gasteiger partial charge in [-0.15, -0.1) is 0 Å². The zero-order chi connectivity index (χ0) is 26.9. The van der Waals surface area contributed by atoms with Gasteiger partial charge in [-0.25, -0.2) is 4.39 Å². The van der Waals surface area contributed by atoms with Crippen molar-refractivity contribution < 1.29 is 28.6 Å². The Hall–Kier alpha value is -3.84. The number of benzene rings is 3. The quantitative estimate of drug-likeness (QED) is 0.218. The molecular weight excluding hydrogens is 497 g/mol. The SMILES string of the molecule is COc1ccccc1C1/C(=C(\O)c2ccc(OCC(C)C)c(C)c2)C(=O)C(=O)N1c1ccc(F)c(Cl)c1. The van der Waals surface area contributed by atoms with Crippen LogP contribution in [0, 0.1) is 18.7 Å². The monoisotopic (exact) mass is 523 g/mol. The number of ketones is 1. The molecule has 1 amide bonds. The predicted octanol–water partition coefficient (Wildman–Crippen LogP) is 6.46. The van der Waals surface area contributed by atoms with Crippen molar-refractivity contribution in [3.63, 3.8) is 0 Å². The van der Waals surface area contributed by atoms with E-state index in [1.54, 1.807) is 42.5 Å². The number of hydrogen-bond acceptors (Lipinski definition) is 5. The third-order valence-corrected chi connectivity index (χ3v) is 6.37. The first kappa shape index (κ1) is 26.2. The fourth-order valence-corrected chi connectivity index (χ4v) is 4.47. The van der Waals surface area contributed by atoms with Gasteiger partial charge >= 0.3 is 0 Å². The molecule has 1 fully saturated rings. The summed E-state index contributed by atoms with van der Waals surface area (Å²) in [4.78, 5) is 27.9. The molecule has 0 spiro atoms. The van der Waals surface area contributed by atoms with E-state index < -0.39 is 23.5 Å². The van der Waals surface area contributed by atoms with Crippen molar-refractivity contribution in [3.8, 4) is 11.5 Å². The van der Waals surface area contributed by atoms with Gasteiger partial charge in [-0.3, -0.25) is 14.5 Å². The third kappa shape index (κ3) is 5.04. The second-order valence-corrected chi connectivity index (χ2v) is 9.60. The van der Waals surface area contributed by atoms with Crippen LogP contribution in [-0.2, 0) is 9.59 Å². The van der Waals surface area contributed by atoms with E-state index in [-0.39, 0.29) is 22.0 Å². The number of nitrogens with zero attached hydrogens (tertiary/aromatic N) is 1. The first-order chi connectivity index (χ1) is 17.6. The van der Waals surface area contributed by atoms with Crippen molar-refractivity contribution in [3.05, 3.63) is 93.8 Å². The Labute approximate surface area is 219 Å². The van der Waals surface area contributed by atoms with Crippen molar-refractivity contribution in [1.82, 2.24) is 0 Å². The Balaban J connectivity index is 1.90. The van der Waals surface area contributed by atoms with Gasteiger partial charge in [0.2, 0.25) is 0 Å². The van der Waals surface area contributed by atoms with E-state index in [9.17, 15) is 19.1 Å². The highest BCUT2D eigenvalue weighted by molar-refractivity contribution is 6.52. The average molecular weight is 524 g/mol. The number of methoxy groups -OCH3 is 1. The molecule has 1 aliphatic heterocycles. The molecule has 0 saturated carbocycles. The maximum absolute atomic E-state index is 13.9. The molecule has 1 atom stereocenters. The van der Waals surface area contributed by atoms with Crippen LogP contribution in [0.15, 0.2) is 66.2 Å². The van der Waals surface area contributed by atoms with Gasteiger partial charge in [0.25, 0.3) is 11.7 Å². The number of carbonyl (C=O) groups excluding carboxylic acids is 2. The maximum Gasteiger partial charge on any atom is 0.300 e. The lowest BCUT2D eigenvalue weighted by Crippen LogP contribution is -2.29. The summed E-state index contributed by atoms with van der Waals surface area (Å²) in [7, 11) is 1.47. The minimum atomic E-state index is -1.05. The zero-order valence-corrected chi connectivity index (χ0v) is 21.7. The van der Waals surface area contributed by atoms with Gasteiger partial charge in [0, 0.05) is 16.8 Å². The van der Waals surface area contributed by atoms with Crippen LogP contribution >= 0.6 is 11.6 Å². The number of amides is 1. The number of Topliss-reactive ketones (excluding diaryl/α,β-unsaturated/α-hetero) is 1. The van der Waals surface area contributed by atoms with Crippen LogP contribution in [0.4, 0.5) is 10.1 Å². The molecule has 1 N–H and O–H groups in total. The van der Waals surface area contributed by atoms with Crippen LogP contribution < -0.4 is 14.4 Å². The Bertz CT molecular complexity index is 1400. The van der Waals surface area contributed by atoms with Crippen molar-refractivity contribution in [2.24, 2.45) is 5.92 Å². The number of para-hydroxylation sites is 1. The maximum atomic E-state index is 13.9. The van der Waals surface area contributed by atoms with E-state index in [4.69, 9.17) is 21.1 Å². The molecule has 0 aromatic heterocycles. The van der Waals surface area contributed by atoms with Crippen molar-refractivity contribution in [2.45, 2.75) is 26.8 Å². The molecule has 0 bridgehead atoms. The molecule has 3 aromatic rings. The summed E-state index contributed by atoms with van der Waals surface area (Å²) in [6, 6.07) is 14.7. The van der Waals surface area contributed by atoms with Gasteiger partial charge in [0.15, 0.2) is 0 Å². The smallest absolute Gasteiger partial charge is 0.300 e. The minimum Gasteiger partial charge on any atom is -0.507 e. The number of aliphatic hydroxyl groups excluding tert-OH is 1. The van der Waals surface area contributed by atoms with Crippen LogP contribution in [0.25, 0.3) is 5.76 Å². The minimum absolute atomic E-state index is 0.120. The third-order valence-electron chi connectivity index (χ3n) is 6.08. The second-order valence-electron chi connectivity index (χ2n) is 9.19. The molecule has 8 heteroatoms. The van der Waals surface area contributed by atoms with E-state index in [1.807, 2.05) is 20.8 Å². The van der Waals surface area contributed by atoms with Crippen LogP contribution in [-0.4, -0.2) is 30.5 Å². The van der Waals surface area contributed by atoms with E-state index in [0.29, 0.717) is 35.2 Å². The van der Waals surface area contributed by atoms with E-state index in [0.717, 1.165) is 11.6 Å². The van der Waals surface area contributed by atoms with Crippen LogP contribution in [0.5, 0.6) is 11.5 Å². The number of anilines is 1. The number of ether oxygens (including phenoxy) is 2. The molecule has 4 rings (SSSR count). The zero-order valence-electron chi connectivity index (χ0n) is 20.9. The number of rotatable bonds is 7. The number of aryl methyl sites for hydroxylation is 1. The van der Waals surface area contributed by atoms with Crippen molar-refractivity contribution >= 4 is 34.7 Å². The Kier molecular flexibility index (Phi) is 7.55. The summed E-state index contributed by atoms with van der Waals surface area (Å²) in [5.74, 6) is -1.36. The Morgan fingerprint density at radius 2 is 1.81 bits per heavy atom. The number of carbonyl (C=O) groups is 2. The summed E-state index contributed by atoms with van der Waals surface area (Å²) >= 11 is 6.00. The standard InChI is InChI=1S/C29H27ClFNO5/c1-16(2)15-37-23-12-9-18(13-17(23)3)27(33)25-26(20-7-5-6-8-24(20)36-4)32(29(35)28(25)34)19-10-11-22(31)21(30)14-19/h5-14,16,26,33H,15H2,1-4H3/b27-25+. The fraction of sp³-hybridized carbons (Fsp3) is 0.241. The summed E-state index contributed by atoms with van der Waals surface area (Å²) in [5.41, 5.74) is 1.67. The topological polar surface area (TPSA) is 76.1 Å². The lowest BCUT2D eigenvalue weighted by atomic mass is 9.94. The highest BCUT2D eigenvalue weighted by atomic mass is 35.5. The first-order valence-corrected chi connectivity index (χ1v) is 12.1. The molecule has 1 saturated heterocycles. The van der Waals surface area contributed by atoms with Crippen LogP contribution in [0.1, 0.15) is 36.6 Å². The highest BCUT2D eigenvalue weighted by Gasteiger charge is 2.48. The normalized spacial score (nSPS) is 16.9. The molecule has 37 heavy (non-hydrogen) atoms. The summed E-state index contributed by atoms with van der Waals surface area (Å²) in [6.07, 6.45) is 0. The molecule has 0 radical (unpaired) electrons. The molecular formula is C29H27ClFNO5. The van der Waals surface area contributed by atoms with Crippen molar-refractivity contribution in [2.75, 3.05) is 18.6 Å². The highest BCUT2D eigenvalue weighted by Crippen LogP contribution is 2.45. The molecule has 1 aliphatic rings. The van der Waals surface area contributed by atoms with E-state index in [1.165, 1.54) is 24.1 Å². The average Bonchev–Trinajstić information content (AvgIpc) is 3.14. The molecule has 0 aliphatic carbocycles. The van der Waals surface area contributed by atoms with Crippen LogP contribution in [0.2, 0.25) is 5.02 Å². The molecule has 192 valence electrons. The number of hydrogen-bond donors (Lipinski definition) is 1. The summed E-state index contributed by atoms with van der Waals surface area (Å²) in [6.45, 7) is 6.45. The fourth-order valence-electron chi connectivity index (χ4n) is 4.29. The number of aliphatic hydroxyl groups is 1. The van der Waals surface area contributed by atoms with Gasteiger partial charge in [0.1, 0.15) is 23.1 Å². The largest absolute Gasteiger partial charge is 0.507 e. The molecule has 6 nitrogen and oxygen atoms in total. The van der Waals surface area contributed by atoms with Gasteiger partial charge in [-0.2, -0.15) is 0 Å². The van der Waals surface area contributed by atoms with Gasteiger partial charge in [-0.1, -0.05) is 43.6 Å². The van der Waals surface area contributed by atoms with Crippen molar-refractivity contribution in [1.29, 1.82) is 0 Å². The molecule has 1 unspecified atom stereocenters. The van der Waals surface area contributed by atoms with Crippen LogP contribution in [0.3, 0.4) is 0 Å². The lowest BCUT2D eigenvalue weighted by molar-refractivity contribution is -0.132. The van der Waals surface area contributed by atoms with Gasteiger partial charge in [0.05, 0.1) is 30.4 Å². The molecule has 1 heterocycles. The lowest BCUT2D eigenvalue weighted by Gasteiger charge is -2.27.